The molecule has 7 heteroatoms. The number of halogens is 1. The van der Waals surface area contributed by atoms with Gasteiger partial charge in [0.15, 0.2) is 5.11 Å². The highest BCUT2D eigenvalue weighted by atomic mass is 32.1. The topological polar surface area (TPSA) is 59.6 Å². The maximum absolute atomic E-state index is 13.1. The van der Waals surface area contributed by atoms with Gasteiger partial charge < -0.3 is 14.8 Å². The summed E-state index contributed by atoms with van der Waals surface area (Å²) in [6.45, 7) is 0. The van der Waals surface area contributed by atoms with Gasteiger partial charge in [-0.05, 0) is 42.5 Å². The van der Waals surface area contributed by atoms with Crippen molar-refractivity contribution in [2.45, 2.75) is 0 Å². The van der Waals surface area contributed by atoms with Gasteiger partial charge in [-0.25, -0.2) is 4.39 Å². The monoisotopic (exact) mass is 334 g/mol. The van der Waals surface area contributed by atoms with E-state index < -0.39 is 11.7 Å². The molecule has 0 aliphatic carbocycles. The molecule has 23 heavy (non-hydrogen) atoms. The Morgan fingerprint density at radius 1 is 1.13 bits per heavy atom. The van der Waals surface area contributed by atoms with Crippen LogP contribution in [0.15, 0.2) is 42.5 Å². The van der Waals surface area contributed by atoms with Crippen molar-refractivity contribution in [3.05, 3.63) is 53.8 Å². The highest BCUT2D eigenvalue weighted by Crippen LogP contribution is 2.28. The first-order valence-corrected chi connectivity index (χ1v) is 7.04. The van der Waals surface area contributed by atoms with Crippen molar-refractivity contribution in [1.82, 2.24) is 5.32 Å². The average molecular weight is 334 g/mol. The molecule has 0 bridgehead atoms. The normalized spacial score (nSPS) is 9.87. The summed E-state index contributed by atoms with van der Waals surface area (Å²) >= 11 is 5.10. The smallest absolute Gasteiger partial charge is 0.257 e. The Labute approximate surface area is 138 Å². The summed E-state index contributed by atoms with van der Waals surface area (Å²) in [5, 5.41) is 5.39. The number of rotatable bonds is 4. The van der Waals surface area contributed by atoms with E-state index >= 15 is 0 Å². The molecule has 0 heterocycles. The molecule has 0 spiro atoms. The molecule has 0 saturated carbocycles. The Kier molecular flexibility index (Phi) is 5.48. The summed E-state index contributed by atoms with van der Waals surface area (Å²) in [5.41, 5.74) is 0.711. The zero-order chi connectivity index (χ0) is 16.8. The highest BCUT2D eigenvalue weighted by molar-refractivity contribution is 7.80. The zero-order valence-electron chi connectivity index (χ0n) is 12.6. The molecular weight excluding hydrogens is 319 g/mol. The molecule has 2 rings (SSSR count). The molecule has 0 unspecified atom stereocenters. The molecule has 0 saturated heterocycles. The van der Waals surface area contributed by atoms with Crippen LogP contribution >= 0.6 is 12.2 Å². The first-order chi connectivity index (χ1) is 11.0. The quantitative estimate of drug-likeness (QED) is 0.842. The lowest BCUT2D eigenvalue weighted by Crippen LogP contribution is -2.34. The number of carbonyl (C=O) groups is 1. The van der Waals surface area contributed by atoms with E-state index in [0.29, 0.717) is 17.2 Å². The van der Waals surface area contributed by atoms with E-state index in [-0.39, 0.29) is 10.7 Å². The number of carbonyl (C=O) groups excluding carboxylic acids is 1. The Morgan fingerprint density at radius 3 is 2.57 bits per heavy atom. The van der Waals surface area contributed by atoms with E-state index in [4.69, 9.17) is 21.7 Å². The molecular formula is C16H15FN2O3S. The van der Waals surface area contributed by atoms with Gasteiger partial charge in [0.2, 0.25) is 0 Å². The standard InChI is InChI=1S/C16H15FN2O3S/c1-21-12-6-7-14(22-2)13(9-12)18-16(23)19-15(20)10-4-3-5-11(17)8-10/h3-9H,1-2H3,(H2,18,19,20,23). The van der Waals surface area contributed by atoms with Crippen LogP contribution < -0.4 is 20.1 Å². The zero-order valence-corrected chi connectivity index (χ0v) is 13.4. The Balaban J connectivity index is 2.09. The van der Waals surface area contributed by atoms with Crippen LogP contribution in [0.4, 0.5) is 10.1 Å². The fourth-order valence-electron chi connectivity index (χ4n) is 1.87. The molecule has 0 aromatic heterocycles. The second kappa shape index (κ2) is 7.55. The molecule has 120 valence electrons. The highest BCUT2D eigenvalue weighted by Gasteiger charge is 2.11. The summed E-state index contributed by atoms with van der Waals surface area (Å²) in [6.07, 6.45) is 0. The number of benzene rings is 2. The van der Waals surface area contributed by atoms with Gasteiger partial charge in [-0.1, -0.05) is 6.07 Å². The van der Waals surface area contributed by atoms with Crippen molar-refractivity contribution < 1.29 is 18.7 Å². The van der Waals surface area contributed by atoms with Gasteiger partial charge in [0.05, 0.1) is 19.9 Å². The van der Waals surface area contributed by atoms with Crippen LogP contribution in [0, 0.1) is 5.82 Å². The molecule has 0 radical (unpaired) electrons. The lowest BCUT2D eigenvalue weighted by atomic mass is 10.2. The number of ether oxygens (including phenoxy) is 2. The molecule has 1 amide bonds. The van der Waals surface area contributed by atoms with Crippen LogP contribution in [0.1, 0.15) is 10.4 Å². The second-order valence-electron chi connectivity index (χ2n) is 4.48. The van der Waals surface area contributed by atoms with Crippen LogP contribution in [0.3, 0.4) is 0 Å². The average Bonchev–Trinajstić information content (AvgIpc) is 2.54. The van der Waals surface area contributed by atoms with Crippen molar-refractivity contribution >= 4 is 28.9 Å². The minimum absolute atomic E-state index is 0.0609. The van der Waals surface area contributed by atoms with Crippen LogP contribution in [0.5, 0.6) is 11.5 Å². The third-order valence-corrected chi connectivity index (χ3v) is 3.17. The van der Waals surface area contributed by atoms with Gasteiger partial charge in [0, 0.05) is 11.6 Å². The molecule has 5 nitrogen and oxygen atoms in total. The lowest BCUT2D eigenvalue weighted by molar-refractivity contribution is 0.0977. The van der Waals surface area contributed by atoms with Crippen LogP contribution in [0.2, 0.25) is 0 Å². The summed E-state index contributed by atoms with van der Waals surface area (Å²) in [4.78, 5) is 12.0. The van der Waals surface area contributed by atoms with Crippen LogP contribution in [0.25, 0.3) is 0 Å². The van der Waals surface area contributed by atoms with E-state index in [2.05, 4.69) is 10.6 Å². The van der Waals surface area contributed by atoms with Gasteiger partial charge in [-0.15, -0.1) is 0 Å². The minimum Gasteiger partial charge on any atom is -0.497 e. The van der Waals surface area contributed by atoms with Crippen molar-refractivity contribution in [3.8, 4) is 11.5 Å². The van der Waals surface area contributed by atoms with E-state index in [0.717, 1.165) is 6.07 Å². The number of amides is 1. The van der Waals surface area contributed by atoms with Gasteiger partial charge in [0.25, 0.3) is 5.91 Å². The maximum Gasteiger partial charge on any atom is 0.257 e. The number of anilines is 1. The molecule has 0 atom stereocenters. The maximum atomic E-state index is 13.1. The predicted octanol–water partition coefficient (Wildman–Crippen LogP) is 2.97. The predicted molar refractivity (Wildman–Crippen MR) is 89.6 cm³/mol. The van der Waals surface area contributed by atoms with Gasteiger partial charge in [-0.2, -0.15) is 0 Å². The van der Waals surface area contributed by atoms with Crippen LogP contribution in [-0.2, 0) is 0 Å². The van der Waals surface area contributed by atoms with E-state index in [1.54, 1.807) is 18.2 Å². The number of hydrogen-bond donors (Lipinski definition) is 2. The Bertz CT molecular complexity index is 737. The summed E-state index contributed by atoms with van der Waals surface area (Å²) in [7, 11) is 3.05. The molecule has 2 aromatic rings. The van der Waals surface area contributed by atoms with Gasteiger partial charge >= 0.3 is 0 Å². The molecule has 0 fully saturated rings. The molecule has 0 aliphatic heterocycles. The molecule has 2 N–H and O–H groups in total. The number of nitrogens with one attached hydrogen (secondary N) is 2. The molecule has 2 aromatic carbocycles. The Hall–Kier alpha value is -2.67. The summed E-state index contributed by atoms with van der Waals surface area (Å²) < 4.78 is 23.5. The second-order valence-corrected chi connectivity index (χ2v) is 4.89. The van der Waals surface area contributed by atoms with Gasteiger partial charge in [0.1, 0.15) is 17.3 Å². The van der Waals surface area contributed by atoms with Gasteiger partial charge in [-0.3, -0.25) is 10.1 Å². The fourth-order valence-corrected chi connectivity index (χ4v) is 2.07. The van der Waals surface area contributed by atoms with Crippen LogP contribution in [-0.4, -0.2) is 25.2 Å². The van der Waals surface area contributed by atoms with Crippen molar-refractivity contribution in [1.29, 1.82) is 0 Å². The first kappa shape index (κ1) is 16.7. The first-order valence-electron chi connectivity index (χ1n) is 6.63. The third-order valence-electron chi connectivity index (χ3n) is 2.97. The summed E-state index contributed by atoms with van der Waals surface area (Å²) in [5.74, 6) is 0.135. The Morgan fingerprint density at radius 2 is 1.91 bits per heavy atom. The van der Waals surface area contributed by atoms with Crippen molar-refractivity contribution in [2.24, 2.45) is 0 Å². The van der Waals surface area contributed by atoms with Crippen molar-refractivity contribution in [3.63, 3.8) is 0 Å². The minimum atomic E-state index is -0.510. The van der Waals surface area contributed by atoms with E-state index in [1.165, 1.54) is 32.4 Å². The fraction of sp³-hybridized carbons (Fsp3) is 0.125. The number of methoxy groups -OCH3 is 2. The largest absolute Gasteiger partial charge is 0.497 e. The summed E-state index contributed by atoms with van der Waals surface area (Å²) in [6, 6.07) is 10.5. The lowest BCUT2D eigenvalue weighted by Gasteiger charge is -2.14. The third kappa shape index (κ3) is 4.40. The SMILES string of the molecule is COc1ccc(OC)c(NC(=S)NC(=O)c2cccc(F)c2)c1. The number of thiocarbonyl (C=S) groups is 1. The van der Waals surface area contributed by atoms with Crippen molar-refractivity contribution in [2.75, 3.05) is 19.5 Å². The van der Waals surface area contributed by atoms with E-state index in [9.17, 15) is 9.18 Å². The van der Waals surface area contributed by atoms with E-state index in [1.807, 2.05) is 0 Å². The molecule has 0 aliphatic rings. The number of hydrogen-bond acceptors (Lipinski definition) is 4.